The van der Waals surface area contributed by atoms with E-state index >= 15 is 0 Å². The first kappa shape index (κ1) is 25.1. The molecule has 0 aromatic rings. The van der Waals surface area contributed by atoms with Crippen molar-refractivity contribution >= 4 is 11.8 Å². The van der Waals surface area contributed by atoms with Crippen molar-refractivity contribution in [1.29, 1.82) is 10.5 Å². The topological polar surface area (TPSA) is 94.7 Å². The predicted octanol–water partition coefficient (Wildman–Crippen LogP) is 1.69. The van der Waals surface area contributed by atoms with E-state index in [1.807, 2.05) is 13.8 Å². The van der Waals surface area contributed by atoms with Crippen LogP contribution in [0.25, 0.3) is 0 Å². The van der Waals surface area contributed by atoms with E-state index in [1.165, 1.54) is 0 Å². The molecule has 31 heavy (non-hydrogen) atoms. The fourth-order valence-corrected chi connectivity index (χ4v) is 5.09. The lowest BCUT2D eigenvalue weighted by Gasteiger charge is -2.48. The zero-order valence-electron chi connectivity index (χ0n) is 19.3. The molecule has 2 fully saturated rings. The van der Waals surface area contributed by atoms with Gasteiger partial charge in [0.25, 0.3) is 0 Å². The van der Waals surface area contributed by atoms with Crippen molar-refractivity contribution in [3.63, 3.8) is 0 Å². The summed E-state index contributed by atoms with van der Waals surface area (Å²) in [5.41, 5.74) is 0.143. The molecule has 0 aliphatic carbocycles. The van der Waals surface area contributed by atoms with Crippen LogP contribution in [-0.4, -0.2) is 96.9 Å². The molecule has 0 N–H and O–H groups in total. The lowest BCUT2D eigenvalue weighted by atomic mass is 9.73. The summed E-state index contributed by atoms with van der Waals surface area (Å²) in [6.45, 7) is 10.7. The number of carbonyl (C=O) groups is 2. The predicted molar refractivity (Wildman–Crippen MR) is 119 cm³/mol. The van der Waals surface area contributed by atoms with Gasteiger partial charge in [0.1, 0.15) is 0 Å². The van der Waals surface area contributed by atoms with Crippen LogP contribution in [0.2, 0.25) is 0 Å². The number of nitriles is 2. The Balaban J connectivity index is 1.92. The minimum absolute atomic E-state index is 0.105. The van der Waals surface area contributed by atoms with Crippen LogP contribution in [0.3, 0.4) is 0 Å². The molecule has 8 nitrogen and oxygen atoms in total. The van der Waals surface area contributed by atoms with Gasteiger partial charge < -0.3 is 9.80 Å². The normalized spacial score (nSPS) is 18.8. The van der Waals surface area contributed by atoms with Gasteiger partial charge in [0.05, 0.1) is 38.1 Å². The molecule has 2 aliphatic rings. The summed E-state index contributed by atoms with van der Waals surface area (Å²) in [5, 5.41) is 17.6. The second-order valence-corrected chi connectivity index (χ2v) is 8.89. The van der Waals surface area contributed by atoms with Gasteiger partial charge in [-0.1, -0.05) is 0 Å². The largest absolute Gasteiger partial charge is 0.341 e. The molecule has 2 aliphatic heterocycles. The van der Waals surface area contributed by atoms with E-state index in [-0.39, 0.29) is 17.2 Å². The maximum atomic E-state index is 12.7. The Morgan fingerprint density at radius 1 is 0.839 bits per heavy atom. The van der Waals surface area contributed by atoms with E-state index in [2.05, 4.69) is 21.9 Å². The third-order valence-corrected chi connectivity index (χ3v) is 6.65. The van der Waals surface area contributed by atoms with Gasteiger partial charge in [-0.3, -0.25) is 19.4 Å². The van der Waals surface area contributed by atoms with Crippen LogP contribution in [0, 0.1) is 28.1 Å². The lowest BCUT2D eigenvalue weighted by Crippen LogP contribution is -2.55. The van der Waals surface area contributed by atoms with Gasteiger partial charge in [-0.2, -0.15) is 10.5 Å². The van der Waals surface area contributed by atoms with Gasteiger partial charge >= 0.3 is 0 Å². The summed E-state index contributed by atoms with van der Waals surface area (Å²) in [6.07, 6.45) is 5.16. The second kappa shape index (κ2) is 12.6. The number of likely N-dealkylation sites (N-methyl/N-ethyl adjacent to an activating group) is 2. The maximum Gasteiger partial charge on any atom is 0.236 e. The van der Waals surface area contributed by atoms with Crippen molar-refractivity contribution in [3.05, 3.63) is 0 Å². The second-order valence-electron chi connectivity index (χ2n) is 8.89. The van der Waals surface area contributed by atoms with Crippen LogP contribution >= 0.6 is 0 Å². The SMILES string of the molecule is CCN(CCC#N)C(=O)CN1CCCC2(CCCN(CC(=O)N(CC)CCC#N)C2)C1. The first-order chi connectivity index (χ1) is 15.0. The number of rotatable bonds is 10. The average molecular weight is 431 g/mol. The van der Waals surface area contributed by atoms with Gasteiger partial charge in [0.2, 0.25) is 11.8 Å². The zero-order valence-corrected chi connectivity index (χ0v) is 19.3. The third kappa shape index (κ3) is 7.48. The smallest absolute Gasteiger partial charge is 0.236 e. The molecule has 0 saturated carbocycles. The summed E-state index contributed by atoms with van der Waals surface area (Å²) in [6, 6.07) is 4.24. The Kier molecular flexibility index (Phi) is 10.2. The number of likely N-dealkylation sites (tertiary alicyclic amines) is 2. The number of hydrogen-bond donors (Lipinski definition) is 0. The molecule has 2 saturated heterocycles. The summed E-state index contributed by atoms with van der Waals surface area (Å²) in [7, 11) is 0. The van der Waals surface area contributed by atoms with Crippen LogP contribution < -0.4 is 0 Å². The zero-order chi connectivity index (χ0) is 22.7. The van der Waals surface area contributed by atoms with Crippen LogP contribution in [0.1, 0.15) is 52.4 Å². The molecule has 0 aromatic carbocycles. The van der Waals surface area contributed by atoms with Crippen molar-refractivity contribution in [3.8, 4) is 12.1 Å². The van der Waals surface area contributed by atoms with Crippen LogP contribution in [-0.2, 0) is 9.59 Å². The standard InChI is InChI=1S/C23H38N6O2/c1-3-28(15-7-11-24)21(30)17-26-13-5-9-23(19-26)10-6-14-27(20-23)18-22(31)29(4-2)16-8-12-25/h3-10,13-20H2,1-2H3. The van der Waals surface area contributed by atoms with Crippen LogP contribution in [0.5, 0.6) is 0 Å². The maximum absolute atomic E-state index is 12.7. The van der Waals surface area contributed by atoms with Gasteiger partial charge in [0, 0.05) is 39.3 Å². The van der Waals surface area contributed by atoms with Crippen molar-refractivity contribution in [2.75, 3.05) is 65.4 Å². The molecule has 8 heteroatoms. The first-order valence-corrected chi connectivity index (χ1v) is 11.7. The van der Waals surface area contributed by atoms with Gasteiger partial charge in [-0.05, 0) is 58.0 Å². The van der Waals surface area contributed by atoms with Crippen LogP contribution in [0.15, 0.2) is 0 Å². The Bertz CT molecular complexity index is 625. The minimum atomic E-state index is 0.105. The number of piperidine rings is 2. The fraction of sp³-hybridized carbons (Fsp3) is 0.826. The highest BCUT2D eigenvalue weighted by Crippen LogP contribution is 2.38. The Hall–Kier alpha value is -2.16. The highest BCUT2D eigenvalue weighted by atomic mass is 16.2. The van der Waals surface area contributed by atoms with Crippen LogP contribution in [0.4, 0.5) is 0 Å². The number of carbonyl (C=O) groups excluding carboxylic acids is 2. The number of amides is 2. The Morgan fingerprint density at radius 3 is 1.61 bits per heavy atom. The van der Waals surface area contributed by atoms with Gasteiger partial charge in [-0.15, -0.1) is 0 Å². The fourth-order valence-electron chi connectivity index (χ4n) is 5.09. The van der Waals surface area contributed by atoms with E-state index in [4.69, 9.17) is 10.5 Å². The van der Waals surface area contributed by atoms with E-state index in [0.717, 1.165) is 51.9 Å². The van der Waals surface area contributed by atoms with Crippen molar-refractivity contribution in [1.82, 2.24) is 19.6 Å². The van der Waals surface area contributed by atoms with E-state index in [9.17, 15) is 9.59 Å². The molecule has 0 radical (unpaired) electrons. The van der Waals surface area contributed by atoms with Crippen molar-refractivity contribution in [2.45, 2.75) is 52.4 Å². The Morgan fingerprint density at radius 2 is 1.26 bits per heavy atom. The minimum Gasteiger partial charge on any atom is -0.341 e. The van der Waals surface area contributed by atoms with E-state index in [0.29, 0.717) is 52.1 Å². The van der Waals surface area contributed by atoms with Crippen molar-refractivity contribution < 1.29 is 9.59 Å². The Labute approximate surface area is 187 Å². The lowest BCUT2D eigenvalue weighted by molar-refractivity contribution is -0.134. The monoisotopic (exact) mass is 430 g/mol. The molecule has 2 amide bonds. The highest BCUT2D eigenvalue weighted by molar-refractivity contribution is 5.78. The molecule has 0 unspecified atom stereocenters. The highest BCUT2D eigenvalue weighted by Gasteiger charge is 2.40. The number of hydrogen-bond acceptors (Lipinski definition) is 6. The summed E-state index contributed by atoms with van der Waals surface area (Å²) >= 11 is 0. The molecule has 0 aromatic heterocycles. The average Bonchev–Trinajstić information content (AvgIpc) is 2.75. The van der Waals surface area contributed by atoms with Gasteiger partial charge in [-0.25, -0.2) is 0 Å². The van der Waals surface area contributed by atoms with Crippen molar-refractivity contribution in [2.24, 2.45) is 5.41 Å². The summed E-state index contributed by atoms with van der Waals surface area (Å²) in [4.78, 5) is 33.5. The quantitative estimate of drug-likeness (QED) is 0.523. The molecule has 1 spiro atoms. The van der Waals surface area contributed by atoms with E-state index in [1.54, 1.807) is 9.80 Å². The first-order valence-electron chi connectivity index (χ1n) is 11.7. The molecular formula is C23H38N6O2. The molecule has 0 bridgehead atoms. The molecule has 172 valence electrons. The molecule has 2 heterocycles. The van der Waals surface area contributed by atoms with Gasteiger partial charge in [0.15, 0.2) is 0 Å². The van der Waals surface area contributed by atoms with E-state index < -0.39 is 0 Å². The summed E-state index contributed by atoms with van der Waals surface area (Å²) < 4.78 is 0. The molecule has 0 atom stereocenters. The molecular weight excluding hydrogens is 392 g/mol. The third-order valence-electron chi connectivity index (χ3n) is 6.65. The summed E-state index contributed by atoms with van der Waals surface area (Å²) in [5.74, 6) is 0.211. The number of nitrogens with zero attached hydrogens (tertiary/aromatic N) is 6. The molecule has 2 rings (SSSR count).